The number of aromatic amines is 1. The van der Waals surface area contributed by atoms with Gasteiger partial charge in [0, 0.05) is 42.3 Å². The van der Waals surface area contributed by atoms with Gasteiger partial charge in [-0.25, -0.2) is 9.97 Å². The minimum absolute atomic E-state index is 0.647. The third-order valence-corrected chi connectivity index (χ3v) is 6.90. The first kappa shape index (κ1) is 22.1. The largest absolute Gasteiger partial charge is 0.378 e. The van der Waals surface area contributed by atoms with Gasteiger partial charge in [-0.05, 0) is 37.6 Å². The van der Waals surface area contributed by atoms with Crippen molar-refractivity contribution in [2.75, 3.05) is 31.2 Å². The molecule has 0 atom stereocenters. The molecule has 1 saturated heterocycles. The molecule has 178 valence electrons. The Hall–Kier alpha value is -3.42. The highest BCUT2D eigenvalue weighted by Gasteiger charge is 2.22. The van der Waals surface area contributed by atoms with E-state index in [2.05, 4.69) is 55.6 Å². The lowest BCUT2D eigenvalue weighted by Gasteiger charge is -2.29. The minimum atomic E-state index is 0.647. The van der Waals surface area contributed by atoms with Crippen molar-refractivity contribution in [3.8, 4) is 16.9 Å². The van der Waals surface area contributed by atoms with E-state index in [9.17, 15) is 0 Å². The number of hydrogen-bond acceptors (Lipinski definition) is 5. The van der Waals surface area contributed by atoms with Crippen molar-refractivity contribution in [1.29, 1.82) is 0 Å². The van der Waals surface area contributed by atoms with Crippen LogP contribution in [0.2, 0.25) is 5.02 Å². The van der Waals surface area contributed by atoms with Gasteiger partial charge in [-0.3, -0.25) is 9.55 Å². The van der Waals surface area contributed by atoms with Crippen molar-refractivity contribution >= 4 is 39.2 Å². The maximum Gasteiger partial charge on any atom is 0.114 e. The van der Waals surface area contributed by atoms with Crippen LogP contribution in [-0.2, 0) is 11.2 Å². The Morgan fingerprint density at radius 2 is 1.94 bits per heavy atom. The Morgan fingerprint density at radius 3 is 2.71 bits per heavy atom. The molecule has 3 aromatic heterocycles. The number of imidazole rings is 2. The summed E-state index contributed by atoms with van der Waals surface area (Å²) in [4.78, 5) is 20.0. The number of halogens is 1. The zero-order valence-electron chi connectivity index (χ0n) is 19.9. The fraction of sp³-hybridized carbons (Fsp3) is 0.296. The van der Waals surface area contributed by atoms with E-state index in [1.54, 1.807) is 0 Å². The topological polar surface area (TPSA) is 71.9 Å². The monoisotopic (exact) mass is 486 g/mol. The first-order valence-electron chi connectivity index (χ1n) is 12.1. The molecule has 0 unspecified atom stereocenters. The van der Waals surface area contributed by atoms with Gasteiger partial charge in [0.25, 0.3) is 0 Å². The molecular formula is C27H27ClN6O. The van der Waals surface area contributed by atoms with E-state index in [4.69, 9.17) is 21.3 Å². The van der Waals surface area contributed by atoms with E-state index in [1.165, 1.54) is 0 Å². The highest BCUT2D eigenvalue weighted by molar-refractivity contribution is 6.35. The fourth-order valence-electron chi connectivity index (χ4n) is 4.96. The molecule has 4 heterocycles. The van der Waals surface area contributed by atoms with Crippen molar-refractivity contribution < 1.29 is 4.74 Å². The number of para-hydroxylation sites is 1. The third kappa shape index (κ3) is 3.85. The zero-order chi connectivity index (χ0) is 23.9. The van der Waals surface area contributed by atoms with E-state index in [-0.39, 0.29) is 0 Å². The molecule has 1 fully saturated rings. The molecule has 0 spiro atoms. The van der Waals surface area contributed by atoms with Crippen LogP contribution in [0.25, 0.3) is 38.9 Å². The van der Waals surface area contributed by atoms with E-state index in [0.29, 0.717) is 5.02 Å². The van der Waals surface area contributed by atoms with Gasteiger partial charge in [0.05, 0.1) is 52.4 Å². The number of H-pyrrole nitrogens is 1. The zero-order valence-corrected chi connectivity index (χ0v) is 20.6. The Kier molecular flexibility index (Phi) is 5.66. The third-order valence-electron chi connectivity index (χ3n) is 6.60. The number of anilines is 1. The summed E-state index contributed by atoms with van der Waals surface area (Å²) in [5.74, 6) is 1.90. The number of benzene rings is 2. The number of fused-ring (bicyclic) bond motifs is 2. The summed E-state index contributed by atoms with van der Waals surface area (Å²) in [5, 5.41) is 1.65. The molecule has 0 aliphatic carbocycles. The molecule has 0 bridgehead atoms. The second-order valence-corrected chi connectivity index (χ2v) is 9.33. The van der Waals surface area contributed by atoms with Crippen molar-refractivity contribution in [2.24, 2.45) is 0 Å². The number of aryl methyl sites for hydroxylation is 2. The van der Waals surface area contributed by atoms with Crippen molar-refractivity contribution in [2.45, 2.75) is 26.7 Å². The molecular weight excluding hydrogens is 460 g/mol. The lowest BCUT2D eigenvalue weighted by atomic mass is 10.1. The second-order valence-electron chi connectivity index (χ2n) is 8.92. The average Bonchev–Trinajstić information content (AvgIpc) is 3.47. The molecule has 35 heavy (non-hydrogen) atoms. The lowest BCUT2D eigenvalue weighted by molar-refractivity contribution is 0.122. The minimum Gasteiger partial charge on any atom is -0.378 e. The Balaban J connectivity index is 1.68. The summed E-state index contributed by atoms with van der Waals surface area (Å²) in [7, 11) is 0. The second kappa shape index (κ2) is 8.98. The summed E-state index contributed by atoms with van der Waals surface area (Å²) < 4.78 is 7.91. The van der Waals surface area contributed by atoms with Crippen LogP contribution in [0.4, 0.5) is 5.69 Å². The number of hydrogen-bond donors (Lipinski definition) is 1. The maximum atomic E-state index is 6.53. The first-order chi connectivity index (χ1) is 17.1. The molecule has 8 heteroatoms. The van der Waals surface area contributed by atoms with Gasteiger partial charge < -0.3 is 14.6 Å². The number of nitrogens with one attached hydrogen (secondary N) is 1. The van der Waals surface area contributed by atoms with E-state index >= 15 is 0 Å². The smallest absolute Gasteiger partial charge is 0.114 e. The molecule has 1 N–H and O–H groups in total. The van der Waals surface area contributed by atoms with Gasteiger partial charge in [-0.2, -0.15) is 0 Å². The first-order valence-corrected chi connectivity index (χ1v) is 12.5. The number of aromatic nitrogens is 5. The lowest BCUT2D eigenvalue weighted by Crippen LogP contribution is -2.36. The van der Waals surface area contributed by atoms with Crippen LogP contribution in [0.5, 0.6) is 0 Å². The average molecular weight is 487 g/mol. The molecule has 1 aliphatic rings. The molecule has 1 aliphatic heterocycles. The number of nitrogens with zero attached hydrogens (tertiary/aromatic N) is 5. The summed E-state index contributed by atoms with van der Waals surface area (Å²) in [6.45, 7) is 7.33. The maximum absolute atomic E-state index is 6.53. The van der Waals surface area contributed by atoms with Gasteiger partial charge in [0.2, 0.25) is 0 Å². The predicted molar refractivity (Wildman–Crippen MR) is 141 cm³/mol. The van der Waals surface area contributed by atoms with Gasteiger partial charge >= 0.3 is 0 Å². The van der Waals surface area contributed by atoms with Gasteiger partial charge in [0.15, 0.2) is 0 Å². The molecule has 2 aromatic carbocycles. The quantitative estimate of drug-likeness (QED) is 0.344. The summed E-state index contributed by atoms with van der Waals surface area (Å²) in [6, 6.07) is 12.5. The number of morpholine rings is 1. The highest BCUT2D eigenvalue weighted by Crippen LogP contribution is 2.37. The highest BCUT2D eigenvalue weighted by atomic mass is 35.5. The van der Waals surface area contributed by atoms with E-state index < -0.39 is 0 Å². The summed E-state index contributed by atoms with van der Waals surface area (Å²) in [6.07, 6.45) is 5.57. The standard InChI is InChI=1S/C27H27ClN6O/c1-3-5-25-32-27-20(22-16-30-17(2)31-22)14-18(33-10-12-35-13-11-33)15-24(27)34(25)23-8-9-29-26-19(23)6-4-7-21(26)28/h4,6-9,14-16H,3,5,10-13H2,1-2H3,(H,30,31). The SMILES string of the molecule is CCCc1nc2c(-c3cnc(C)[nH]3)cc(N3CCOCC3)cc2n1-c1ccnc2c(Cl)cccc12. The molecule has 0 saturated carbocycles. The van der Waals surface area contributed by atoms with Crippen LogP contribution in [0.15, 0.2) is 48.8 Å². The Morgan fingerprint density at radius 1 is 1.09 bits per heavy atom. The van der Waals surface area contributed by atoms with Crippen LogP contribution in [0.3, 0.4) is 0 Å². The number of ether oxygens (including phenoxy) is 1. The summed E-state index contributed by atoms with van der Waals surface area (Å²) >= 11 is 6.53. The number of pyridine rings is 1. The fourth-order valence-corrected chi connectivity index (χ4v) is 5.18. The van der Waals surface area contributed by atoms with Crippen molar-refractivity contribution in [3.05, 3.63) is 65.5 Å². The normalized spacial score (nSPS) is 14.3. The van der Waals surface area contributed by atoms with Gasteiger partial charge in [-0.1, -0.05) is 30.7 Å². The number of rotatable bonds is 5. The van der Waals surface area contributed by atoms with Gasteiger partial charge in [0.1, 0.15) is 11.6 Å². The predicted octanol–water partition coefficient (Wildman–Crippen LogP) is 5.71. The molecule has 5 aromatic rings. The molecule has 0 radical (unpaired) electrons. The van der Waals surface area contributed by atoms with Crippen LogP contribution in [0, 0.1) is 6.92 Å². The molecule has 7 nitrogen and oxygen atoms in total. The van der Waals surface area contributed by atoms with E-state index in [1.807, 2.05) is 31.5 Å². The van der Waals surface area contributed by atoms with Crippen LogP contribution >= 0.6 is 11.6 Å². The Labute approximate surface area is 208 Å². The summed E-state index contributed by atoms with van der Waals surface area (Å²) in [5.41, 5.74) is 7.03. The Bertz CT molecular complexity index is 1530. The van der Waals surface area contributed by atoms with Crippen LogP contribution in [0.1, 0.15) is 25.0 Å². The van der Waals surface area contributed by atoms with Crippen LogP contribution in [-0.4, -0.2) is 50.8 Å². The van der Waals surface area contributed by atoms with E-state index in [0.717, 1.165) is 95.4 Å². The van der Waals surface area contributed by atoms with Crippen molar-refractivity contribution in [1.82, 2.24) is 24.5 Å². The van der Waals surface area contributed by atoms with Crippen LogP contribution < -0.4 is 4.90 Å². The van der Waals surface area contributed by atoms with Gasteiger partial charge in [-0.15, -0.1) is 0 Å². The molecule has 6 rings (SSSR count). The van der Waals surface area contributed by atoms with Crippen molar-refractivity contribution in [3.63, 3.8) is 0 Å². The molecule has 0 amide bonds.